The normalized spacial score (nSPS) is 18.6. The average Bonchev–Trinajstić information content (AvgIpc) is 2.74. The maximum atomic E-state index is 13.0. The fraction of sp³-hybridized carbons (Fsp3) is 0.409. The third-order valence-electron chi connectivity index (χ3n) is 6.09. The number of rotatable bonds is 4. The summed E-state index contributed by atoms with van der Waals surface area (Å²) < 4.78 is 0. The first-order chi connectivity index (χ1) is 15.2. The average molecular weight is 438 g/mol. The highest BCUT2D eigenvalue weighted by Gasteiger charge is 2.35. The van der Waals surface area contributed by atoms with Gasteiger partial charge >= 0.3 is 0 Å². The number of nitrogens with two attached hydrogens (primary N) is 1. The maximum Gasteiger partial charge on any atom is 0.258 e. The number of benzene rings is 1. The topological polar surface area (TPSA) is 150 Å². The molecular formula is C22H26N6O4. The smallest absolute Gasteiger partial charge is 0.258 e. The summed E-state index contributed by atoms with van der Waals surface area (Å²) in [5.41, 5.74) is 7.64. The molecule has 1 aromatic carbocycles. The van der Waals surface area contributed by atoms with Crippen LogP contribution >= 0.6 is 0 Å². The van der Waals surface area contributed by atoms with Gasteiger partial charge in [0.25, 0.3) is 5.56 Å². The quantitative estimate of drug-likeness (QED) is 0.562. The van der Waals surface area contributed by atoms with Crippen LogP contribution in [0.4, 0.5) is 17.5 Å². The van der Waals surface area contributed by atoms with Crippen LogP contribution in [0.25, 0.3) is 0 Å². The van der Waals surface area contributed by atoms with Gasteiger partial charge in [0.1, 0.15) is 5.82 Å². The molecule has 0 saturated carbocycles. The van der Waals surface area contributed by atoms with Gasteiger partial charge in [0.05, 0.1) is 11.5 Å². The molecule has 0 unspecified atom stereocenters. The lowest BCUT2D eigenvalue weighted by molar-refractivity contribution is -0.123. The molecule has 2 aliphatic heterocycles. The zero-order valence-corrected chi connectivity index (χ0v) is 18.0. The fourth-order valence-electron chi connectivity index (χ4n) is 4.28. The summed E-state index contributed by atoms with van der Waals surface area (Å²) in [5, 5.41) is 5.46. The minimum absolute atomic E-state index is 0.0952. The van der Waals surface area contributed by atoms with Crippen molar-refractivity contribution in [2.24, 2.45) is 11.7 Å². The molecule has 5 N–H and O–H groups in total. The third kappa shape index (κ3) is 4.20. The van der Waals surface area contributed by atoms with Crippen LogP contribution in [-0.2, 0) is 14.4 Å². The van der Waals surface area contributed by atoms with Crippen LogP contribution < -0.4 is 26.8 Å². The predicted octanol–water partition coefficient (Wildman–Crippen LogP) is 1.15. The Kier molecular flexibility index (Phi) is 5.68. The van der Waals surface area contributed by atoms with E-state index in [-0.39, 0.29) is 35.5 Å². The van der Waals surface area contributed by atoms with Gasteiger partial charge in [0, 0.05) is 31.1 Å². The van der Waals surface area contributed by atoms with Crippen LogP contribution in [-0.4, -0.2) is 40.8 Å². The van der Waals surface area contributed by atoms with Crippen molar-refractivity contribution in [2.45, 2.75) is 39.0 Å². The molecule has 1 aromatic heterocycles. The van der Waals surface area contributed by atoms with Crippen molar-refractivity contribution in [1.82, 2.24) is 9.97 Å². The Hall–Kier alpha value is -3.69. The first kappa shape index (κ1) is 21.5. The number of aryl methyl sites for hydroxylation is 2. The van der Waals surface area contributed by atoms with Gasteiger partial charge in [-0.2, -0.15) is 4.98 Å². The zero-order valence-electron chi connectivity index (χ0n) is 18.0. The van der Waals surface area contributed by atoms with Gasteiger partial charge in [-0.1, -0.05) is 17.7 Å². The van der Waals surface area contributed by atoms with Crippen LogP contribution in [0.15, 0.2) is 23.0 Å². The van der Waals surface area contributed by atoms with Crippen molar-refractivity contribution in [1.29, 1.82) is 0 Å². The number of nitrogens with one attached hydrogen (secondary N) is 3. The number of piperidine rings is 1. The van der Waals surface area contributed by atoms with Crippen LogP contribution in [0, 0.1) is 19.8 Å². The fourth-order valence-corrected chi connectivity index (χ4v) is 4.28. The standard InChI is InChI=1S/C22H26N6O4/c1-11-3-4-15(12(2)9-11)24-20(31)14-10-16(29)25-19-17(14)21(32)27-22(26-19)28-7-5-13(6-8-28)18(23)30/h3-4,9,13-14H,5-8,10H2,1-2H3,(H2,23,30)(H,24,31)(H2,25,26,27,29,32)/t14-/m0/s1. The van der Waals surface area contributed by atoms with E-state index in [0.29, 0.717) is 37.6 Å². The number of anilines is 3. The van der Waals surface area contributed by atoms with Gasteiger partial charge in [0.2, 0.25) is 23.7 Å². The molecule has 0 radical (unpaired) electrons. The molecule has 3 amide bonds. The van der Waals surface area contributed by atoms with Gasteiger partial charge in [-0.3, -0.25) is 24.2 Å². The Labute approximate surface area is 184 Å². The molecule has 0 bridgehead atoms. The van der Waals surface area contributed by atoms with Crippen molar-refractivity contribution >= 4 is 35.2 Å². The van der Waals surface area contributed by atoms with E-state index in [2.05, 4.69) is 20.6 Å². The Morgan fingerprint density at radius 1 is 1.19 bits per heavy atom. The number of hydrogen-bond acceptors (Lipinski definition) is 6. The Bertz CT molecular complexity index is 1150. The molecule has 3 heterocycles. The van der Waals surface area contributed by atoms with Crippen molar-refractivity contribution in [3.05, 3.63) is 45.2 Å². The second-order valence-electron chi connectivity index (χ2n) is 8.43. The summed E-state index contributed by atoms with van der Waals surface area (Å²) in [6.07, 6.45) is 0.977. The van der Waals surface area contributed by atoms with Crippen molar-refractivity contribution in [3.8, 4) is 0 Å². The number of H-pyrrole nitrogens is 1. The molecule has 10 nitrogen and oxygen atoms in total. The Morgan fingerprint density at radius 2 is 1.91 bits per heavy atom. The van der Waals surface area contributed by atoms with Crippen molar-refractivity contribution in [2.75, 3.05) is 28.6 Å². The Balaban J connectivity index is 1.60. The number of amides is 3. The monoisotopic (exact) mass is 438 g/mol. The highest BCUT2D eigenvalue weighted by atomic mass is 16.2. The largest absolute Gasteiger partial charge is 0.369 e. The van der Waals surface area contributed by atoms with E-state index in [1.807, 2.05) is 30.9 Å². The molecule has 10 heteroatoms. The minimum Gasteiger partial charge on any atom is -0.369 e. The molecule has 168 valence electrons. The van der Waals surface area contributed by atoms with E-state index < -0.39 is 17.4 Å². The van der Waals surface area contributed by atoms with E-state index in [9.17, 15) is 19.2 Å². The molecular weight excluding hydrogens is 412 g/mol. The highest BCUT2D eigenvalue weighted by molar-refractivity contribution is 6.04. The molecule has 0 aliphatic carbocycles. The number of aromatic nitrogens is 2. The van der Waals surface area contributed by atoms with E-state index in [1.54, 1.807) is 6.07 Å². The summed E-state index contributed by atoms with van der Waals surface area (Å²) in [6, 6.07) is 5.62. The number of carbonyl (C=O) groups is 3. The molecule has 0 spiro atoms. The summed E-state index contributed by atoms with van der Waals surface area (Å²) in [5.74, 6) is -1.91. The zero-order chi connectivity index (χ0) is 23.0. The van der Waals surface area contributed by atoms with Gasteiger partial charge in [-0.25, -0.2) is 0 Å². The molecule has 32 heavy (non-hydrogen) atoms. The number of primary amides is 1. The lowest BCUT2D eigenvalue weighted by Crippen LogP contribution is -2.41. The summed E-state index contributed by atoms with van der Waals surface area (Å²) in [6.45, 7) is 4.84. The van der Waals surface area contributed by atoms with Crippen molar-refractivity contribution < 1.29 is 14.4 Å². The number of aromatic amines is 1. The van der Waals surface area contributed by atoms with Crippen LogP contribution in [0.1, 0.15) is 41.9 Å². The molecule has 1 fully saturated rings. The van der Waals surface area contributed by atoms with Crippen LogP contribution in [0.2, 0.25) is 0 Å². The van der Waals surface area contributed by atoms with E-state index in [1.165, 1.54) is 0 Å². The van der Waals surface area contributed by atoms with Gasteiger partial charge in [-0.15, -0.1) is 0 Å². The second kappa shape index (κ2) is 8.45. The third-order valence-corrected chi connectivity index (χ3v) is 6.09. The van der Waals surface area contributed by atoms with Gasteiger partial charge < -0.3 is 21.3 Å². The highest BCUT2D eigenvalue weighted by Crippen LogP contribution is 2.31. The van der Waals surface area contributed by atoms with Gasteiger partial charge in [0.15, 0.2) is 0 Å². The Morgan fingerprint density at radius 3 is 2.56 bits per heavy atom. The minimum atomic E-state index is -0.953. The summed E-state index contributed by atoms with van der Waals surface area (Å²) in [4.78, 5) is 58.7. The van der Waals surface area contributed by atoms with E-state index in [0.717, 1.165) is 11.1 Å². The second-order valence-corrected chi connectivity index (χ2v) is 8.43. The number of carbonyl (C=O) groups excluding carboxylic acids is 3. The number of hydrogen-bond donors (Lipinski definition) is 4. The number of fused-ring (bicyclic) bond motifs is 1. The van der Waals surface area contributed by atoms with E-state index in [4.69, 9.17) is 5.73 Å². The summed E-state index contributed by atoms with van der Waals surface area (Å²) >= 11 is 0. The van der Waals surface area contributed by atoms with Crippen LogP contribution in [0.5, 0.6) is 0 Å². The molecule has 1 atom stereocenters. The lowest BCUT2D eigenvalue weighted by Gasteiger charge is -2.32. The molecule has 1 saturated heterocycles. The molecule has 2 aromatic rings. The van der Waals surface area contributed by atoms with Crippen molar-refractivity contribution in [3.63, 3.8) is 0 Å². The maximum absolute atomic E-state index is 13.0. The molecule has 4 rings (SSSR count). The first-order valence-electron chi connectivity index (χ1n) is 10.6. The van der Waals surface area contributed by atoms with E-state index >= 15 is 0 Å². The van der Waals surface area contributed by atoms with Gasteiger partial charge in [-0.05, 0) is 38.3 Å². The lowest BCUT2D eigenvalue weighted by atomic mass is 9.92. The first-order valence-corrected chi connectivity index (χ1v) is 10.6. The predicted molar refractivity (Wildman–Crippen MR) is 120 cm³/mol. The summed E-state index contributed by atoms with van der Waals surface area (Å²) in [7, 11) is 0. The molecule has 2 aliphatic rings. The van der Waals surface area contributed by atoms with Crippen LogP contribution in [0.3, 0.4) is 0 Å². The number of nitrogens with zero attached hydrogens (tertiary/aromatic N) is 2. The SMILES string of the molecule is Cc1ccc(NC(=O)[C@H]2CC(=O)Nc3nc(N4CCC(C(N)=O)CC4)[nH]c(=O)c32)c(C)c1.